The third-order valence-electron chi connectivity index (χ3n) is 6.84. The molecular formula is C26H32ClN3O2. The smallest absolute Gasteiger partial charge is 0.254 e. The summed E-state index contributed by atoms with van der Waals surface area (Å²) < 4.78 is 0. The van der Waals surface area contributed by atoms with Gasteiger partial charge in [-0.25, -0.2) is 0 Å². The molecule has 170 valence electrons. The van der Waals surface area contributed by atoms with Crippen LogP contribution >= 0.6 is 11.6 Å². The summed E-state index contributed by atoms with van der Waals surface area (Å²) in [5, 5.41) is 3.63. The number of hydrogen-bond acceptors (Lipinski definition) is 3. The van der Waals surface area contributed by atoms with Gasteiger partial charge >= 0.3 is 0 Å². The summed E-state index contributed by atoms with van der Waals surface area (Å²) in [7, 11) is 0. The highest BCUT2D eigenvalue weighted by atomic mass is 35.5. The summed E-state index contributed by atoms with van der Waals surface area (Å²) in [6, 6.07) is 14.8. The molecule has 2 amide bonds. The van der Waals surface area contributed by atoms with Crippen LogP contribution in [0.2, 0.25) is 5.02 Å². The molecule has 0 aliphatic heterocycles. The Kier molecular flexibility index (Phi) is 7.48. The maximum atomic E-state index is 13.5. The molecule has 2 saturated carbocycles. The zero-order chi connectivity index (χ0) is 22.5. The van der Waals surface area contributed by atoms with Gasteiger partial charge in [0.15, 0.2) is 0 Å². The highest BCUT2D eigenvalue weighted by Crippen LogP contribution is 2.30. The second-order valence-corrected chi connectivity index (χ2v) is 9.50. The van der Waals surface area contributed by atoms with Crippen molar-refractivity contribution in [2.45, 2.75) is 70.0 Å². The summed E-state index contributed by atoms with van der Waals surface area (Å²) in [5.41, 5.74) is 8.66. The summed E-state index contributed by atoms with van der Waals surface area (Å²) >= 11 is 6.55. The first-order valence-corrected chi connectivity index (χ1v) is 12.1. The van der Waals surface area contributed by atoms with Crippen LogP contribution in [0.25, 0.3) is 0 Å². The van der Waals surface area contributed by atoms with Crippen molar-refractivity contribution >= 4 is 29.1 Å². The maximum Gasteiger partial charge on any atom is 0.254 e. The highest BCUT2D eigenvalue weighted by molar-refractivity contribution is 6.31. The molecule has 0 aromatic heterocycles. The molecule has 0 saturated heterocycles. The lowest BCUT2D eigenvalue weighted by Gasteiger charge is -2.38. The zero-order valence-corrected chi connectivity index (χ0v) is 19.2. The minimum absolute atomic E-state index is 0.0376. The Hall–Kier alpha value is -2.37. The standard InChI is InChI=1S/C26H32ClN3O2/c27-22-15-14-21(29-25(31)18-8-4-5-9-18)16-20(22)17-30(24-13-7-6-12-23(24)28)26(32)19-10-2-1-3-11-19/h1-3,10-11,14-16,18,23-24H,4-9,12-13,17,28H2,(H,29,31). The van der Waals surface area contributed by atoms with Crippen LogP contribution in [0, 0.1) is 5.92 Å². The molecule has 2 fully saturated rings. The number of carbonyl (C=O) groups excluding carboxylic acids is 2. The van der Waals surface area contributed by atoms with Crippen molar-refractivity contribution in [3.05, 3.63) is 64.7 Å². The monoisotopic (exact) mass is 453 g/mol. The average Bonchev–Trinajstić information content (AvgIpc) is 3.35. The molecule has 32 heavy (non-hydrogen) atoms. The fraction of sp³-hybridized carbons (Fsp3) is 0.462. The van der Waals surface area contributed by atoms with Crippen LogP contribution in [-0.4, -0.2) is 28.8 Å². The van der Waals surface area contributed by atoms with Gasteiger partial charge in [0.05, 0.1) is 0 Å². The number of hydrogen-bond donors (Lipinski definition) is 2. The molecular weight excluding hydrogens is 422 g/mol. The van der Waals surface area contributed by atoms with Crippen molar-refractivity contribution in [2.24, 2.45) is 11.7 Å². The van der Waals surface area contributed by atoms with Gasteiger partial charge in [0.2, 0.25) is 5.91 Å². The van der Waals surface area contributed by atoms with Crippen molar-refractivity contribution in [1.29, 1.82) is 0 Å². The molecule has 0 radical (unpaired) electrons. The van der Waals surface area contributed by atoms with Crippen LogP contribution < -0.4 is 11.1 Å². The molecule has 0 bridgehead atoms. The van der Waals surface area contributed by atoms with Gasteiger partial charge in [-0.05, 0) is 61.6 Å². The predicted octanol–water partition coefficient (Wildman–Crippen LogP) is 5.38. The lowest BCUT2D eigenvalue weighted by molar-refractivity contribution is -0.119. The SMILES string of the molecule is NC1CCCCC1N(Cc1cc(NC(=O)C2CCCC2)ccc1Cl)C(=O)c1ccccc1. The summed E-state index contributed by atoms with van der Waals surface area (Å²) in [4.78, 5) is 28.0. The first-order chi connectivity index (χ1) is 15.5. The fourth-order valence-electron chi connectivity index (χ4n) is 5.00. The normalized spacial score (nSPS) is 21.3. The van der Waals surface area contributed by atoms with Crippen molar-refractivity contribution in [3.8, 4) is 0 Å². The van der Waals surface area contributed by atoms with E-state index in [-0.39, 0.29) is 29.8 Å². The minimum atomic E-state index is -0.0551. The minimum Gasteiger partial charge on any atom is -0.330 e. The molecule has 6 heteroatoms. The number of amides is 2. The first-order valence-electron chi connectivity index (χ1n) is 11.7. The lowest BCUT2D eigenvalue weighted by atomic mass is 9.89. The van der Waals surface area contributed by atoms with E-state index in [1.165, 1.54) is 0 Å². The summed E-state index contributed by atoms with van der Waals surface area (Å²) in [6.07, 6.45) is 8.07. The molecule has 0 heterocycles. The Morgan fingerprint density at radius 1 is 0.969 bits per heavy atom. The van der Waals surface area contributed by atoms with Gasteiger partial charge in [-0.3, -0.25) is 9.59 Å². The Morgan fingerprint density at radius 3 is 2.38 bits per heavy atom. The van der Waals surface area contributed by atoms with Crippen molar-refractivity contribution in [3.63, 3.8) is 0 Å². The number of benzene rings is 2. The van der Waals surface area contributed by atoms with E-state index in [0.29, 0.717) is 17.1 Å². The van der Waals surface area contributed by atoms with Gasteiger partial charge in [0, 0.05) is 40.8 Å². The predicted molar refractivity (Wildman–Crippen MR) is 129 cm³/mol. The second kappa shape index (κ2) is 10.5. The Bertz CT molecular complexity index is 943. The van der Waals surface area contributed by atoms with E-state index in [9.17, 15) is 9.59 Å². The molecule has 2 aliphatic rings. The molecule has 4 rings (SSSR count). The average molecular weight is 454 g/mol. The van der Waals surface area contributed by atoms with Gasteiger partial charge in [-0.15, -0.1) is 0 Å². The Balaban J connectivity index is 1.58. The van der Waals surface area contributed by atoms with E-state index in [0.717, 1.165) is 62.6 Å². The van der Waals surface area contributed by atoms with E-state index < -0.39 is 0 Å². The van der Waals surface area contributed by atoms with E-state index >= 15 is 0 Å². The number of rotatable bonds is 6. The van der Waals surface area contributed by atoms with Crippen LogP contribution in [0.15, 0.2) is 48.5 Å². The number of halogens is 1. The third kappa shape index (κ3) is 5.33. The molecule has 3 N–H and O–H groups in total. The molecule has 5 nitrogen and oxygen atoms in total. The van der Waals surface area contributed by atoms with Crippen LogP contribution in [0.1, 0.15) is 67.3 Å². The maximum absolute atomic E-state index is 13.5. The number of carbonyl (C=O) groups is 2. The number of nitrogens with zero attached hydrogens (tertiary/aromatic N) is 1. The van der Waals surface area contributed by atoms with Crippen molar-refractivity contribution in [1.82, 2.24) is 4.90 Å². The van der Waals surface area contributed by atoms with Crippen molar-refractivity contribution < 1.29 is 9.59 Å². The van der Waals surface area contributed by atoms with Crippen LogP contribution in [-0.2, 0) is 11.3 Å². The number of anilines is 1. The molecule has 2 atom stereocenters. The summed E-state index contributed by atoms with van der Waals surface area (Å²) in [6.45, 7) is 0.359. The molecule has 2 aliphatic carbocycles. The Morgan fingerprint density at radius 2 is 1.66 bits per heavy atom. The topological polar surface area (TPSA) is 75.4 Å². The summed E-state index contributed by atoms with van der Waals surface area (Å²) in [5.74, 6) is 0.122. The highest BCUT2D eigenvalue weighted by Gasteiger charge is 2.32. The molecule has 0 spiro atoms. The Labute approximate surface area is 195 Å². The molecule has 2 unspecified atom stereocenters. The fourth-order valence-corrected chi connectivity index (χ4v) is 5.18. The van der Waals surface area contributed by atoms with Crippen molar-refractivity contribution in [2.75, 3.05) is 5.32 Å². The van der Waals surface area contributed by atoms with Crippen LogP contribution in [0.5, 0.6) is 0 Å². The van der Waals surface area contributed by atoms with Crippen LogP contribution in [0.4, 0.5) is 5.69 Å². The van der Waals surface area contributed by atoms with E-state index in [2.05, 4.69) is 5.32 Å². The van der Waals surface area contributed by atoms with Gasteiger partial charge in [-0.1, -0.05) is 55.5 Å². The van der Waals surface area contributed by atoms with E-state index in [1.807, 2.05) is 47.4 Å². The number of nitrogens with one attached hydrogen (secondary N) is 1. The van der Waals surface area contributed by atoms with Gasteiger partial charge in [0.25, 0.3) is 5.91 Å². The molecule has 2 aromatic carbocycles. The van der Waals surface area contributed by atoms with E-state index in [1.54, 1.807) is 6.07 Å². The second-order valence-electron chi connectivity index (χ2n) is 9.09. The quantitative estimate of drug-likeness (QED) is 0.616. The lowest BCUT2D eigenvalue weighted by Crippen LogP contribution is -2.51. The number of nitrogens with two attached hydrogens (primary N) is 1. The van der Waals surface area contributed by atoms with Gasteiger partial charge < -0.3 is 16.0 Å². The van der Waals surface area contributed by atoms with Crippen LogP contribution in [0.3, 0.4) is 0 Å². The first kappa shape index (κ1) is 22.8. The van der Waals surface area contributed by atoms with E-state index in [4.69, 9.17) is 17.3 Å². The zero-order valence-electron chi connectivity index (χ0n) is 18.4. The largest absolute Gasteiger partial charge is 0.330 e. The molecule has 2 aromatic rings. The third-order valence-corrected chi connectivity index (χ3v) is 7.21. The van der Waals surface area contributed by atoms with Gasteiger partial charge in [-0.2, -0.15) is 0 Å². The van der Waals surface area contributed by atoms with Gasteiger partial charge in [0.1, 0.15) is 0 Å².